The molecule has 0 aliphatic heterocycles. The molecule has 0 aliphatic rings. The van der Waals surface area contributed by atoms with E-state index in [9.17, 15) is 4.79 Å². The maximum absolute atomic E-state index is 10.9. The predicted octanol–water partition coefficient (Wildman–Crippen LogP) is 1.31. The number of nitrogens with two attached hydrogens (primary N) is 1. The second-order valence-corrected chi connectivity index (χ2v) is 3.18. The van der Waals surface area contributed by atoms with Gasteiger partial charge in [-0.1, -0.05) is 6.92 Å². The van der Waals surface area contributed by atoms with Crippen molar-refractivity contribution in [3.05, 3.63) is 0 Å². The molecule has 2 unspecified atom stereocenters. The Labute approximate surface area is 74.3 Å². The van der Waals surface area contributed by atoms with Gasteiger partial charge >= 0.3 is 5.97 Å². The van der Waals surface area contributed by atoms with E-state index in [2.05, 4.69) is 0 Å². The molecule has 2 atom stereocenters. The van der Waals surface area contributed by atoms with E-state index in [1.807, 2.05) is 20.8 Å². The van der Waals surface area contributed by atoms with E-state index in [1.165, 1.54) is 0 Å². The Kier molecular flexibility index (Phi) is 5.72. The van der Waals surface area contributed by atoms with E-state index in [-0.39, 0.29) is 12.0 Å². The second kappa shape index (κ2) is 6.00. The lowest BCUT2D eigenvalue weighted by Crippen LogP contribution is -2.24. The number of hydrogen-bond donors (Lipinski definition) is 1. The van der Waals surface area contributed by atoms with Crippen LogP contribution in [-0.4, -0.2) is 18.6 Å². The van der Waals surface area contributed by atoms with Crippen molar-refractivity contribution >= 4 is 5.97 Å². The quantitative estimate of drug-likeness (QED) is 0.638. The third-order valence-corrected chi connectivity index (χ3v) is 2.01. The van der Waals surface area contributed by atoms with Crippen LogP contribution >= 0.6 is 0 Å². The van der Waals surface area contributed by atoms with E-state index in [0.29, 0.717) is 18.9 Å². The molecule has 72 valence electrons. The average Bonchev–Trinajstić information content (AvgIpc) is 2.00. The Morgan fingerprint density at radius 2 is 2.08 bits per heavy atom. The van der Waals surface area contributed by atoms with Gasteiger partial charge < -0.3 is 10.5 Å². The highest BCUT2D eigenvalue weighted by Gasteiger charge is 2.10. The molecule has 12 heavy (non-hydrogen) atoms. The van der Waals surface area contributed by atoms with Crippen molar-refractivity contribution < 1.29 is 9.53 Å². The number of esters is 1. The van der Waals surface area contributed by atoms with Gasteiger partial charge in [-0.15, -0.1) is 0 Å². The highest BCUT2D eigenvalue weighted by Crippen LogP contribution is 2.09. The lowest BCUT2D eigenvalue weighted by molar-refractivity contribution is -0.143. The summed E-state index contributed by atoms with van der Waals surface area (Å²) in [6.45, 7) is 6.28. The van der Waals surface area contributed by atoms with Crippen molar-refractivity contribution in [2.45, 2.75) is 39.7 Å². The van der Waals surface area contributed by atoms with Crippen molar-refractivity contribution in [1.29, 1.82) is 0 Å². The monoisotopic (exact) mass is 173 g/mol. The van der Waals surface area contributed by atoms with Crippen molar-refractivity contribution in [3.63, 3.8) is 0 Å². The topological polar surface area (TPSA) is 52.3 Å². The normalized spacial score (nSPS) is 15.3. The Hall–Kier alpha value is -0.570. The molecule has 0 amide bonds. The van der Waals surface area contributed by atoms with Gasteiger partial charge in [0.1, 0.15) is 0 Å². The minimum Gasteiger partial charge on any atom is -0.466 e. The van der Waals surface area contributed by atoms with E-state index >= 15 is 0 Å². The molecule has 0 aromatic heterocycles. The van der Waals surface area contributed by atoms with Gasteiger partial charge in [-0.05, 0) is 26.2 Å². The first-order valence-corrected chi connectivity index (χ1v) is 4.49. The number of hydrogen-bond acceptors (Lipinski definition) is 3. The van der Waals surface area contributed by atoms with Crippen LogP contribution in [0.4, 0.5) is 0 Å². The third kappa shape index (κ3) is 5.13. The maximum atomic E-state index is 10.9. The van der Waals surface area contributed by atoms with Gasteiger partial charge in [0.2, 0.25) is 0 Å². The molecule has 3 nitrogen and oxygen atoms in total. The summed E-state index contributed by atoms with van der Waals surface area (Å²) in [4.78, 5) is 10.9. The largest absolute Gasteiger partial charge is 0.466 e. The summed E-state index contributed by atoms with van der Waals surface area (Å²) in [5.74, 6) is 0.263. The van der Waals surface area contributed by atoms with Gasteiger partial charge in [-0.3, -0.25) is 4.79 Å². The fourth-order valence-electron chi connectivity index (χ4n) is 0.842. The SMILES string of the molecule is CCOC(=O)CCC(C)C(C)N. The van der Waals surface area contributed by atoms with Crippen LogP contribution < -0.4 is 5.73 Å². The summed E-state index contributed by atoms with van der Waals surface area (Å²) < 4.78 is 4.79. The predicted molar refractivity (Wildman–Crippen MR) is 48.7 cm³/mol. The van der Waals surface area contributed by atoms with Gasteiger partial charge in [0.25, 0.3) is 0 Å². The fraction of sp³-hybridized carbons (Fsp3) is 0.889. The Balaban J connectivity index is 3.47. The van der Waals surface area contributed by atoms with E-state index in [4.69, 9.17) is 10.5 Å². The third-order valence-electron chi connectivity index (χ3n) is 2.01. The first-order valence-electron chi connectivity index (χ1n) is 4.49. The van der Waals surface area contributed by atoms with Crippen molar-refractivity contribution in [1.82, 2.24) is 0 Å². The van der Waals surface area contributed by atoms with Crippen LogP contribution in [0.25, 0.3) is 0 Å². The molecule has 0 saturated carbocycles. The summed E-state index contributed by atoms with van der Waals surface area (Å²) in [5.41, 5.74) is 5.64. The van der Waals surface area contributed by atoms with Crippen LogP contribution in [0.15, 0.2) is 0 Å². The molecule has 2 N–H and O–H groups in total. The Morgan fingerprint density at radius 3 is 2.50 bits per heavy atom. The number of carbonyl (C=O) groups excluding carboxylic acids is 1. The summed E-state index contributed by atoms with van der Waals surface area (Å²) >= 11 is 0. The zero-order chi connectivity index (χ0) is 9.56. The lowest BCUT2D eigenvalue weighted by Gasteiger charge is -2.14. The average molecular weight is 173 g/mol. The molecule has 0 aliphatic carbocycles. The molecule has 0 aromatic rings. The van der Waals surface area contributed by atoms with Crippen LogP contribution in [0.1, 0.15) is 33.6 Å². The van der Waals surface area contributed by atoms with Crippen molar-refractivity contribution in [3.8, 4) is 0 Å². The van der Waals surface area contributed by atoms with Crippen molar-refractivity contribution in [2.75, 3.05) is 6.61 Å². The molecule has 0 spiro atoms. The van der Waals surface area contributed by atoms with Crippen molar-refractivity contribution in [2.24, 2.45) is 11.7 Å². The molecule has 0 fully saturated rings. The minimum absolute atomic E-state index is 0.120. The molecule has 0 rings (SSSR count). The lowest BCUT2D eigenvalue weighted by atomic mass is 9.99. The van der Waals surface area contributed by atoms with Gasteiger partial charge in [-0.25, -0.2) is 0 Å². The molecule has 0 heterocycles. The molecule has 0 bridgehead atoms. The van der Waals surface area contributed by atoms with Crippen LogP contribution in [0.2, 0.25) is 0 Å². The number of carbonyl (C=O) groups is 1. The summed E-state index contributed by atoms with van der Waals surface area (Å²) in [5, 5.41) is 0. The van der Waals surface area contributed by atoms with Crippen LogP contribution in [0, 0.1) is 5.92 Å². The minimum atomic E-state index is -0.120. The molecule has 0 aromatic carbocycles. The number of rotatable bonds is 5. The second-order valence-electron chi connectivity index (χ2n) is 3.18. The molecular formula is C9H19NO2. The zero-order valence-electron chi connectivity index (χ0n) is 8.17. The Morgan fingerprint density at radius 1 is 1.50 bits per heavy atom. The first-order chi connectivity index (χ1) is 5.57. The molecule has 3 heteroatoms. The van der Waals surface area contributed by atoms with Gasteiger partial charge in [-0.2, -0.15) is 0 Å². The maximum Gasteiger partial charge on any atom is 0.305 e. The van der Waals surface area contributed by atoms with E-state index in [0.717, 1.165) is 6.42 Å². The molecule has 0 saturated heterocycles. The summed E-state index contributed by atoms with van der Waals surface area (Å²) in [7, 11) is 0. The van der Waals surface area contributed by atoms with Crippen LogP contribution in [0.3, 0.4) is 0 Å². The van der Waals surface area contributed by atoms with Crippen LogP contribution in [0.5, 0.6) is 0 Å². The van der Waals surface area contributed by atoms with E-state index < -0.39 is 0 Å². The summed E-state index contributed by atoms with van der Waals surface area (Å²) in [6.07, 6.45) is 1.30. The van der Waals surface area contributed by atoms with Crippen LogP contribution in [-0.2, 0) is 9.53 Å². The fourth-order valence-corrected chi connectivity index (χ4v) is 0.842. The van der Waals surface area contributed by atoms with Gasteiger partial charge in [0.05, 0.1) is 6.61 Å². The van der Waals surface area contributed by atoms with Gasteiger partial charge in [0.15, 0.2) is 0 Å². The van der Waals surface area contributed by atoms with E-state index in [1.54, 1.807) is 0 Å². The first kappa shape index (κ1) is 11.4. The highest BCUT2D eigenvalue weighted by atomic mass is 16.5. The standard InChI is InChI=1S/C9H19NO2/c1-4-12-9(11)6-5-7(2)8(3)10/h7-8H,4-6,10H2,1-3H3. The summed E-state index contributed by atoms with van der Waals surface area (Å²) in [6, 6.07) is 0.152. The zero-order valence-corrected chi connectivity index (χ0v) is 8.17. The Bertz CT molecular complexity index is 134. The molecular weight excluding hydrogens is 154 g/mol. The highest BCUT2D eigenvalue weighted by molar-refractivity contribution is 5.69. The smallest absolute Gasteiger partial charge is 0.305 e. The van der Waals surface area contributed by atoms with Gasteiger partial charge in [0, 0.05) is 12.5 Å². The number of ether oxygens (including phenoxy) is 1. The molecule has 0 radical (unpaired) electrons.